The molecule has 4 nitrogen and oxygen atoms in total. The Balaban J connectivity index is 2.30. The number of benzene rings is 2. The van der Waals surface area contributed by atoms with Crippen LogP contribution in [-0.2, 0) is 6.42 Å². The molecule has 2 aromatic carbocycles. The van der Waals surface area contributed by atoms with Crippen LogP contribution in [0.4, 0.5) is 5.69 Å². The summed E-state index contributed by atoms with van der Waals surface area (Å²) in [5, 5.41) is 21.3. The molecule has 0 spiro atoms. The van der Waals surface area contributed by atoms with Gasteiger partial charge in [0.15, 0.2) is 0 Å². The summed E-state index contributed by atoms with van der Waals surface area (Å²) < 4.78 is 0.800. The quantitative estimate of drug-likeness (QED) is 0.679. The van der Waals surface area contributed by atoms with E-state index in [2.05, 4.69) is 15.9 Å². The second-order valence-corrected chi connectivity index (χ2v) is 5.49. The van der Waals surface area contributed by atoms with Gasteiger partial charge in [-0.15, -0.1) is 0 Å². The molecule has 0 saturated heterocycles. The average Bonchev–Trinajstić information content (AvgIpc) is 2.41. The monoisotopic (exact) mass is 335 g/mol. The molecule has 2 rings (SSSR count). The number of halogens is 1. The van der Waals surface area contributed by atoms with E-state index in [4.69, 9.17) is 0 Å². The summed E-state index contributed by atoms with van der Waals surface area (Å²) in [6.45, 7) is 1.94. The molecule has 0 radical (unpaired) electrons. The van der Waals surface area contributed by atoms with Gasteiger partial charge in [0.05, 0.1) is 11.0 Å². The van der Waals surface area contributed by atoms with E-state index in [1.54, 1.807) is 18.2 Å². The van der Waals surface area contributed by atoms with Crippen LogP contribution in [0.5, 0.6) is 0 Å². The normalized spacial score (nSPS) is 12.2. The Bertz CT molecular complexity index is 643. The molecule has 1 atom stereocenters. The van der Waals surface area contributed by atoms with Crippen molar-refractivity contribution in [2.75, 3.05) is 0 Å². The summed E-state index contributed by atoms with van der Waals surface area (Å²) in [4.78, 5) is 10.6. The van der Waals surface area contributed by atoms with Crippen LogP contribution in [0.2, 0.25) is 0 Å². The van der Waals surface area contributed by atoms with Crippen molar-refractivity contribution in [1.82, 2.24) is 0 Å². The van der Waals surface area contributed by atoms with Crippen LogP contribution in [0.15, 0.2) is 46.9 Å². The van der Waals surface area contributed by atoms with Crippen molar-refractivity contribution in [3.05, 3.63) is 73.7 Å². The molecule has 0 heterocycles. The molecule has 0 aliphatic heterocycles. The lowest BCUT2D eigenvalue weighted by atomic mass is 9.99. The molecule has 1 N–H and O–H groups in total. The Morgan fingerprint density at radius 1 is 1.30 bits per heavy atom. The lowest BCUT2D eigenvalue weighted by Crippen LogP contribution is -2.05. The topological polar surface area (TPSA) is 63.4 Å². The van der Waals surface area contributed by atoms with Crippen molar-refractivity contribution in [2.24, 2.45) is 0 Å². The molecule has 104 valence electrons. The van der Waals surface area contributed by atoms with Gasteiger partial charge in [-0.25, -0.2) is 0 Å². The molecule has 20 heavy (non-hydrogen) atoms. The minimum atomic E-state index is -0.787. The van der Waals surface area contributed by atoms with Gasteiger partial charge in [-0.3, -0.25) is 10.1 Å². The molecular formula is C15H14BrNO3. The highest BCUT2D eigenvalue weighted by atomic mass is 79.9. The van der Waals surface area contributed by atoms with Gasteiger partial charge in [-0.2, -0.15) is 0 Å². The molecule has 0 amide bonds. The predicted octanol–water partition coefficient (Wildman–Crippen LogP) is 3.94. The Hall–Kier alpha value is -1.72. The van der Waals surface area contributed by atoms with Gasteiger partial charge >= 0.3 is 0 Å². The average molecular weight is 336 g/mol. The molecule has 0 bridgehead atoms. The van der Waals surface area contributed by atoms with Crippen LogP contribution in [0.3, 0.4) is 0 Å². The summed E-state index contributed by atoms with van der Waals surface area (Å²) in [6.07, 6.45) is -0.579. The van der Waals surface area contributed by atoms with E-state index in [1.165, 1.54) is 6.07 Å². The van der Waals surface area contributed by atoms with E-state index in [0.717, 1.165) is 15.6 Å². The molecule has 0 aliphatic rings. The first kappa shape index (κ1) is 14.7. The first-order valence-electron chi connectivity index (χ1n) is 6.15. The maximum absolute atomic E-state index is 11.0. The number of hydrogen-bond acceptors (Lipinski definition) is 3. The van der Waals surface area contributed by atoms with E-state index in [0.29, 0.717) is 5.56 Å². The van der Waals surface area contributed by atoms with Crippen LogP contribution in [0.25, 0.3) is 0 Å². The fraction of sp³-hybridized carbons (Fsp3) is 0.200. The first-order valence-corrected chi connectivity index (χ1v) is 6.94. The van der Waals surface area contributed by atoms with Crippen molar-refractivity contribution >= 4 is 21.6 Å². The van der Waals surface area contributed by atoms with Crippen molar-refractivity contribution in [2.45, 2.75) is 19.4 Å². The maximum atomic E-state index is 11.0. The summed E-state index contributed by atoms with van der Waals surface area (Å²) in [6, 6.07) is 12.2. The van der Waals surface area contributed by atoms with Crippen LogP contribution >= 0.6 is 15.9 Å². The van der Waals surface area contributed by atoms with Gasteiger partial charge in [0.2, 0.25) is 0 Å². The maximum Gasteiger partial charge on any atom is 0.272 e. The number of aliphatic hydroxyl groups excluding tert-OH is 1. The lowest BCUT2D eigenvalue weighted by molar-refractivity contribution is -0.385. The second kappa shape index (κ2) is 6.15. The van der Waals surface area contributed by atoms with Gasteiger partial charge in [0.25, 0.3) is 5.69 Å². The highest BCUT2D eigenvalue weighted by Crippen LogP contribution is 2.29. The van der Waals surface area contributed by atoms with Crippen molar-refractivity contribution in [3.63, 3.8) is 0 Å². The molecule has 5 heteroatoms. The molecule has 0 saturated carbocycles. The second-order valence-electron chi connectivity index (χ2n) is 4.63. The lowest BCUT2D eigenvalue weighted by Gasteiger charge is -2.14. The van der Waals surface area contributed by atoms with E-state index in [9.17, 15) is 15.2 Å². The fourth-order valence-corrected chi connectivity index (χ4v) is 2.61. The fourth-order valence-electron chi connectivity index (χ4n) is 2.10. The minimum Gasteiger partial charge on any atom is -0.388 e. The van der Waals surface area contributed by atoms with Gasteiger partial charge in [-0.1, -0.05) is 51.8 Å². The van der Waals surface area contributed by atoms with Crippen LogP contribution < -0.4 is 0 Å². The number of hydrogen-bond donors (Lipinski definition) is 1. The van der Waals surface area contributed by atoms with Crippen LogP contribution in [0, 0.1) is 17.0 Å². The number of aryl methyl sites for hydroxylation is 1. The number of rotatable bonds is 4. The van der Waals surface area contributed by atoms with E-state index in [-0.39, 0.29) is 12.1 Å². The third-order valence-corrected chi connectivity index (χ3v) is 3.83. The molecule has 1 unspecified atom stereocenters. The molecule has 0 aromatic heterocycles. The summed E-state index contributed by atoms with van der Waals surface area (Å²) in [7, 11) is 0. The van der Waals surface area contributed by atoms with Crippen molar-refractivity contribution < 1.29 is 10.0 Å². The highest BCUT2D eigenvalue weighted by Gasteiger charge is 2.18. The highest BCUT2D eigenvalue weighted by molar-refractivity contribution is 9.10. The van der Waals surface area contributed by atoms with Crippen molar-refractivity contribution in [3.8, 4) is 0 Å². The number of nitro groups is 1. The van der Waals surface area contributed by atoms with E-state index >= 15 is 0 Å². The van der Waals surface area contributed by atoms with Gasteiger partial charge in [-0.05, 0) is 18.6 Å². The smallest absolute Gasteiger partial charge is 0.272 e. The number of nitro benzene ring substituents is 1. The molecular weight excluding hydrogens is 322 g/mol. The zero-order chi connectivity index (χ0) is 14.7. The largest absolute Gasteiger partial charge is 0.388 e. The Morgan fingerprint density at radius 2 is 2.00 bits per heavy atom. The standard InChI is InChI=1S/C15H14BrNO3/c1-10-6-7-13(16)12(8-10)15(18)9-11-4-2-3-5-14(11)17(19)20/h2-8,15,18H,9H2,1H3. The third-order valence-electron chi connectivity index (χ3n) is 3.11. The van der Waals surface area contributed by atoms with E-state index in [1.807, 2.05) is 25.1 Å². The van der Waals surface area contributed by atoms with Crippen molar-refractivity contribution in [1.29, 1.82) is 0 Å². The van der Waals surface area contributed by atoms with Gasteiger partial charge in [0.1, 0.15) is 0 Å². The van der Waals surface area contributed by atoms with Gasteiger partial charge in [0, 0.05) is 22.5 Å². The number of nitrogens with zero attached hydrogens (tertiary/aromatic N) is 1. The van der Waals surface area contributed by atoms with Crippen LogP contribution in [0.1, 0.15) is 22.8 Å². The summed E-state index contributed by atoms with van der Waals surface area (Å²) in [5.41, 5.74) is 2.33. The van der Waals surface area contributed by atoms with Crippen LogP contribution in [-0.4, -0.2) is 10.0 Å². The van der Waals surface area contributed by atoms with E-state index < -0.39 is 11.0 Å². The number of aliphatic hydroxyl groups is 1. The van der Waals surface area contributed by atoms with Gasteiger partial charge < -0.3 is 5.11 Å². The minimum absolute atomic E-state index is 0.0373. The summed E-state index contributed by atoms with van der Waals surface area (Å²) >= 11 is 3.40. The predicted molar refractivity (Wildman–Crippen MR) is 80.6 cm³/mol. The summed E-state index contributed by atoms with van der Waals surface area (Å²) in [5.74, 6) is 0. The Kier molecular flexibility index (Phi) is 4.52. The third kappa shape index (κ3) is 3.23. The molecule has 2 aromatic rings. The molecule has 0 fully saturated rings. The zero-order valence-electron chi connectivity index (χ0n) is 10.9. The zero-order valence-corrected chi connectivity index (χ0v) is 12.5. The first-order chi connectivity index (χ1) is 9.49. The molecule has 0 aliphatic carbocycles. The number of para-hydroxylation sites is 1. The SMILES string of the molecule is Cc1ccc(Br)c(C(O)Cc2ccccc2[N+](=O)[O-])c1. The Morgan fingerprint density at radius 3 is 2.70 bits per heavy atom. The Labute approximate surface area is 125 Å².